The van der Waals surface area contributed by atoms with E-state index < -0.39 is 11.3 Å². The summed E-state index contributed by atoms with van der Waals surface area (Å²) in [5.74, 6) is 0.0439. The summed E-state index contributed by atoms with van der Waals surface area (Å²) in [6.45, 7) is 8.81. The highest BCUT2D eigenvalue weighted by Crippen LogP contribution is 2.50. The van der Waals surface area contributed by atoms with E-state index in [1.54, 1.807) is 16.0 Å². The second kappa shape index (κ2) is 8.79. The molecule has 34 heavy (non-hydrogen) atoms. The normalized spacial score (nSPS) is 23.0. The predicted molar refractivity (Wildman–Crippen MR) is 131 cm³/mol. The van der Waals surface area contributed by atoms with Crippen molar-refractivity contribution in [3.63, 3.8) is 0 Å². The van der Waals surface area contributed by atoms with E-state index in [0.29, 0.717) is 25.4 Å². The minimum absolute atomic E-state index is 0.122. The Morgan fingerprint density at radius 2 is 2.15 bits per heavy atom. The van der Waals surface area contributed by atoms with Crippen molar-refractivity contribution < 1.29 is 14.4 Å². The SMILES string of the molecule is C=CC(=O)N1CCC(NC(=O)[C@@H]2Sc3nccc4c3C2NC(=O)N4c2cccc(C(C)C)c2)C1. The number of benzene rings is 1. The largest absolute Gasteiger partial charge is 0.350 e. The van der Waals surface area contributed by atoms with Gasteiger partial charge in [-0.15, -0.1) is 0 Å². The van der Waals surface area contributed by atoms with Crippen LogP contribution in [0.2, 0.25) is 0 Å². The zero-order valence-electron chi connectivity index (χ0n) is 19.2. The molecule has 8 nitrogen and oxygen atoms in total. The molecule has 1 fully saturated rings. The Morgan fingerprint density at radius 3 is 2.91 bits per heavy atom. The van der Waals surface area contributed by atoms with E-state index in [4.69, 9.17) is 0 Å². The molecule has 5 rings (SSSR count). The quantitative estimate of drug-likeness (QED) is 0.643. The van der Waals surface area contributed by atoms with E-state index in [0.717, 1.165) is 27.5 Å². The summed E-state index contributed by atoms with van der Waals surface area (Å²) < 4.78 is 0. The molecule has 1 aromatic heterocycles. The van der Waals surface area contributed by atoms with Crippen molar-refractivity contribution in [1.29, 1.82) is 0 Å². The number of nitrogens with zero attached hydrogens (tertiary/aromatic N) is 3. The second-order valence-corrected chi connectivity index (χ2v) is 10.2. The summed E-state index contributed by atoms with van der Waals surface area (Å²) in [6.07, 6.45) is 3.67. The first-order chi connectivity index (χ1) is 16.4. The number of hydrogen-bond acceptors (Lipinski definition) is 5. The van der Waals surface area contributed by atoms with Crippen LogP contribution < -0.4 is 15.5 Å². The fourth-order valence-corrected chi connectivity index (χ4v) is 6.03. The Bertz CT molecular complexity index is 1180. The molecule has 0 saturated carbocycles. The number of carbonyl (C=O) groups is 3. The average Bonchev–Trinajstić information content (AvgIpc) is 3.44. The van der Waals surface area contributed by atoms with Crippen LogP contribution in [0.4, 0.5) is 16.2 Å². The number of likely N-dealkylation sites (tertiary alicyclic amines) is 1. The molecular formula is C25H27N5O3S. The molecule has 9 heteroatoms. The molecule has 1 saturated heterocycles. The lowest BCUT2D eigenvalue weighted by atomic mass is 9.98. The van der Waals surface area contributed by atoms with Crippen molar-refractivity contribution in [3.8, 4) is 0 Å². The monoisotopic (exact) mass is 477 g/mol. The van der Waals surface area contributed by atoms with Crippen LogP contribution in [0.3, 0.4) is 0 Å². The van der Waals surface area contributed by atoms with Gasteiger partial charge in [-0.3, -0.25) is 14.5 Å². The molecule has 3 aliphatic heterocycles. The van der Waals surface area contributed by atoms with Gasteiger partial charge >= 0.3 is 6.03 Å². The molecule has 176 valence electrons. The molecule has 0 aliphatic carbocycles. The van der Waals surface area contributed by atoms with Gasteiger partial charge in [0.05, 0.1) is 17.4 Å². The molecule has 2 unspecified atom stereocenters. The minimum Gasteiger partial charge on any atom is -0.350 e. The third kappa shape index (κ3) is 3.83. The van der Waals surface area contributed by atoms with E-state index >= 15 is 0 Å². The third-order valence-corrected chi connectivity index (χ3v) is 7.87. The predicted octanol–water partition coefficient (Wildman–Crippen LogP) is 3.48. The molecule has 3 aliphatic rings. The summed E-state index contributed by atoms with van der Waals surface area (Å²) in [7, 11) is 0. The van der Waals surface area contributed by atoms with E-state index in [1.807, 2.05) is 24.3 Å². The zero-order chi connectivity index (χ0) is 24.0. The number of pyridine rings is 1. The van der Waals surface area contributed by atoms with E-state index in [2.05, 4.69) is 42.1 Å². The van der Waals surface area contributed by atoms with Crippen LogP contribution in [0.5, 0.6) is 0 Å². The number of anilines is 2. The van der Waals surface area contributed by atoms with Crippen molar-refractivity contribution in [2.75, 3.05) is 18.0 Å². The zero-order valence-corrected chi connectivity index (χ0v) is 20.0. The number of aromatic nitrogens is 1. The number of urea groups is 1. The molecule has 3 atom stereocenters. The Labute approximate surface area is 202 Å². The molecular weight excluding hydrogens is 450 g/mol. The molecule has 1 aromatic carbocycles. The standard InChI is InChI=1S/C25H27N5O3S/c1-4-19(31)29-11-9-16(13-29)27-23(32)22-21-20-18(8-10-26-24(20)34-22)30(25(33)28-21)17-7-5-6-15(12-17)14(2)3/h4-8,10,12,14,16,21-22H,1,9,11,13H2,2-3H3,(H,27,32)(H,28,33)/t16?,21?,22-/m1/s1. The van der Waals surface area contributed by atoms with Gasteiger partial charge in [-0.1, -0.05) is 44.3 Å². The van der Waals surface area contributed by atoms with Gasteiger partial charge in [0.1, 0.15) is 10.3 Å². The molecule has 0 radical (unpaired) electrons. The molecule has 2 aromatic rings. The summed E-state index contributed by atoms with van der Waals surface area (Å²) in [5, 5.41) is 6.35. The maximum atomic E-state index is 13.3. The summed E-state index contributed by atoms with van der Waals surface area (Å²) in [6, 6.07) is 8.94. The second-order valence-electron chi connectivity index (χ2n) is 9.08. The fourth-order valence-electron chi connectivity index (χ4n) is 4.80. The Kier molecular flexibility index (Phi) is 5.81. The van der Waals surface area contributed by atoms with Gasteiger partial charge in [-0.05, 0) is 42.2 Å². The highest BCUT2D eigenvalue weighted by Gasteiger charge is 2.47. The van der Waals surface area contributed by atoms with Crippen LogP contribution in [-0.2, 0) is 9.59 Å². The highest BCUT2D eigenvalue weighted by atomic mass is 32.2. The van der Waals surface area contributed by atoms with Crippen LogP contribution in [0.25, 0.3) is 0 Å². The molecule has 4 heterocycles. The number of amides is 4. The average molecular weight is 478 g/mol. The maximum absolute atomic E-state index is 13.3. The first kappa shape index (κ1) is 22.5. The first-order valence-corrected chi connectivity index (χ1v) is 12.3. The summed E-state index contributed by atoms with van der Waals surface area (Å²) in [5.41, 5.74) is 3.56. The van der Waals surface area contributed by atoms with Gasteiger partial charge in [0.2, 0.25) is 11.8 Å². The topological polar surface area (TPSA) is 94.6 Å². The number of hydrogen-bond donors (Lipinski definition) is 2. The Balaban J connectivity index is 1.39. The first-order valence-electron chi connectivity index (χ1n) is 11.4. The van der Waals surface area contributed by atoms with Crippen molar-refractivity contribution in [1.82, 2.24) is 20.5 Å². The number of carbonyl (C=O) groups excluding carboxylic acids is 3. The highest BCUT2D eigenvalue weighted by molar-refractivity contribution is 8.01. The van der Waals surface area contributed by atoms with Gasteiger partial charge < -0.3 is 15.5 Å². The van der Waals surface area contributed by atoms with Gasteiger partial charge in [-0.2, -0.15) is 0 Å². The van der Waals surface area contributed by atoms with Crippen LogP contribution >= 0.6 is 11.8 Å². The Morgan fingerprint density at radius 1 is 1.32 bits per heavy atom. The molecule has 0 bridgehead atoms. The van der Waals surface area contributed by atoms with Crippen molar-refractivity contribution in [2.24, 2.45) is 0 Å². The van der Waals surface area contributed by atoms with Crippen molar-refractivity contribution in [3.05, 3.63) is 60.3 Å². The smallest absolute Gasteiger partial charge is 0.327 e. The van der Waals surface area contributed by atoms with Crippen LogP contribution in [0, 0.1) is 0 Å². The van der Waals surface area contributed by atoms with Gasteiger partial charge in [-0.25, -0.2) is 9.78 Å². The number of thioether (sulfide) groups is 1. The molecule has 0 spiro atoms. The summed E-state index contributed by atoms with van der Waals surface area (Å²) in [4.78, 5) is 46.3. The number of rotatable bonds is 5. The third-order valence-electron chi connectivity index (χ3n) is 6.58. The van der Waals surface area contributed by atoms with Gasteiger partial charge in [0.25, 0.3) is 0 Å². The minimum atomic E-state index is -0.527. The maximum Gasteiger partial charge on any atom is 0.327 e. The lowest BCUT2D eigenvalue weighted by molar-refractivity contribution is -0.126. The van der Waals surface area contributed by atoms with Crippen LogP contribution in [0.1, 0.15) is 43.4 Å². The van der Waals surface area contributed by atoms with Crippen LogP contribution in [0.15, 0.2) is 54.2 Å². The van der Waals surface area contributed by atoms with E-state index in [-0.39, 0.29) is 23.9 Å². The lowest BCUT2D eigenvalue weighted by Gasteiger charge is -2.34. The van der Waals surface area contributed by atoms with E-state index in [1.165, 1.54) is 17.8 Å². The van der Waals surface area contributed by atoms with Gasteiger partial charge in [0, 0.05) is 30.9 Å². The molecule has 2 N–H and O–H groups in total. The fraction of sp³-hybridized carbons (Fsp3) is 0.360. The van der Waals surface area contributed by atoms with Crippen molar-refractivity contribution >= 4 is 41.0 Å². The number of nitrogens with one attached hydrogen (secondary N) is 2. The lowest BCUT2D eigenvalue weighted by Crippen LogP contribution is -2.50. The Hall–Kier alpha value is -3.33. The van der Waals surface area contributed by atoms with Gasteiger partial charge in [0.15, 0.2) is 0 Å². The van der Waals surface area contributed by atoms with Crippen LogP contribution in [-0.4, -0.2) is 52.1 Å². The van der Waals surface area contributed by atoms with Crippen molar-refractivity contribution in [2.45, 2.75) is 48.5 Å². The summed E-state index contributed by atoms with van der Waals surface area (Å²) >= 11 is 1.37. The van der Waals surface area contributed by atoms with E-state index in [9.17, 15) is 14.4 Å². The molecule has 4 amide bonds.